The van der Waals surface area contributed by atoms with Gasteiger partial charge in [0, 0.05) is 33.2 Å². The summed E-state index contributed by atoms with van der Waals surface area (Å²) in [7, 11) is 0. The number of fused-ring (bicyclic) bond motifs is 1. The standard InChI is InChI=1S/C18H15ClN4O2/c19-14-5-3-4-12(8-14)18(25)21-11-17(24)23-22-10-13-9-20-16-7-2-1-6-15(13)16/h1-10,20H,11H2,(H,21,25)(H,23,24). The topological polar surface area (TPSA) is 86.3 Å². The monoisotopic (exact) mass is 354 g/mol. The summed E-state index contributed by atoms with van der Waals surface area (Å²) < 4.78 is 0. The maximum Gasteiger partial charge on any atom is 0.259 e. The van der Waals surface area contributed by atoms with Gasteiger partial charge in [-0.3, -0.25) is 9.59 Å². The average Bonchev–Trinajstić information content (AvgIpc) is 3.03. The molecule has 0 unspecified atom stereocenters. The first-order valence-corrected chi connectivity index (χ1v) is 7.93. The van der Waals surface area contributed by atoms with Crippen LogP contribution in [0.3, 0.4) is 0 Å². The maximum absolute atomic E-state index is 11.9. The quantitative estimate of drug-likeness (QED) is 0.486. The summed E-state index contributed by atoms with van der Waals surface area (Å²) in [5, 5.41) is 7.89. The third-order valence-electron chi connectivity index (χ3n) is 3.51. The van der Waals surface area contributed by atoms with Gasteiger partial charge in [-0.15, -0.1) is 0 Å². The minimum atomic E-state index is -0.425. The van der Waals surface area contributed by atoms with Gasteiger partial charge in [-0.2, -0.15) is 5.10 Å². The van der Waals surface area contributed by atoms with E-state index in [0.29, 0.717) is 10.6 Å². The lowest BCUT2D eigenvalue weighted by molar-refractivity contribution is -0.120. The molecule has 2 amide bonds. The van der Waals surface area contributed by atoms with Gasteiger partial charge < -0.3 is 10.3 Å². The van der Waals surface area contributed by atoms with Gasteiger partial charge in [-0.1, -0.05) is 35.9 Å². The first-order valence-electron chi connectivity index (χ1n) is 7.55. The molecule has 0 spiro atoms. The third kappa shape index (κ3) is 4.24. The van der Waals surface area contributed by atoms with Crippen LogP contribution in [0.15, 0.2) is 59.8 Å². The molecule has 3 rings (SSSR count). The van der Waals surface area contributed by atoms with E-state index < -0.39 is 5.91 Å². The molecule has 1 heterocycles. The zero-order valence-electron chi connectivity index (χ0n) is 13.1. The number of hydrogen-bond donors (Lipinski definition) is 3. The highest BCUT2D eigenvalue weighted by Crippen LogP contribution is 2.15. The molecule has 126 valence electrons. The van der Waals surface area contributed by atoms with Gasteiger partial charge in [-0.05, 0) is 24.3 Å². The predicted molar refractivity (Wildman–Crippen MR) is 97.8 cm³/mol. The number of rotatable bonds is 5. The van der Waals surface area contributed by atoms with Crippen LogP contribution in [0.4, 0.5) is 0 Å². The Bertz CT molecular complexity index is 949. The van der Waals surface area contributed by atoms with E-state index >= 15 is 0 Å². The van der Waals surface area contributed by atoms with Crippen molar-refractivity contribution in [1.29, 1.82) is 0 Å². The second-order valence-corrected chi connectivity index (χ2v) is 5.71. The Morgan fingerprint density at radius 2 is 2.00 bits per heavy atom. The Morgan fingerprint density at radius 1 is 1.16 bits per heavy atom. The molecule has 0 aliphatic rings. The van der Waals surface area contributed by atoms with Gasteiger partial charge in [0.05, 0.1) is 12.8 Å². The summed E-state index contributed by atoms with van der Waals surface area (Å²) in [6.07, 6.45) is 3.36. The summed E-state index contributed by atoms with van der Waals surface area (Å²) in [5.41, 5.74) is 4.62. The first-order chi connectivity index (χ1) is 12.1. The Balaban J connectivity index is 1.52. The number of H-pyrrole nitrogens is 1. The van der Waals surface area contributed by atoms with E-state index in [1.807, 2.05) is 24.3 Å². The number of para-hydroxylation sites is 1. The molecule has 0 aliphatic carbocycles. The van der Waals surface area contributed by atoms with E-state index in [2.05, 4.69) is 20.8 Å². The maximum atomic E-state index is 11.9. The molecule has 25 heavy (non-hydrogen) atoms. The molecule has 2 aromatic carbocycles. The molecule has 0 bridgehead atoms. The Hall–Kier alpha value is -3.12. The van der Waals surface area contributed by atoms with Crippen molar-refractivity contribution in [3.8, 4) is 0 Å². The number of carbonyl (C=O) groups excluding carboxylic acids is 2. The van der Waals surface area contributed by atoms with Crippen LogP contribution in [-0.4, -0.2) is 29.6 Å². The minimum absolute atomic E-state index is 0.184. The lowest BCUT2D eigenvalue weighted by Crippen LogP contribution is -2.34. The lowest BCUT2D eigenvalue weighted by Gasteiger charge is -2.04. The second-order valence-electron chi connectivity index (χ2n) is 5.28. The number of aromatic amines is 1. The van der Waals surface area contributed by atoms with Crippen molar-refractivity contribution in [2.75, 3.05) is 6.54 Å². The van der Waals surface area contributed by atoms with E-state index in [1.165, 1.54) is 6.07 Å². The average molecular weight is 355 g/mol. The number of halogens is 1. The normalized spacial score (nSPS) is 10.9. The first kappa shape index (κ1) is 16.7. The lowest BCUT2D eigenvalue weighted by atomic mass is 10.2. The van der Waals surface area contributed by atoms with Gasteiger partial charge in [0.2, 0.25) is 0 Å². The number of carbonyl (C=O) groups is 2. The van der Waals surface area contributed by atoms with Crippen LogP contribution in [0.25, 0.3) is 10.9 Å². The van der Waals surface area contributed by atoms with Crippen LogP contribution >= 0.6 is 11.6 Å². The SMILES string of the molecule is O=C(CNC(=O)c1cccc(Cl)c1)NN=Cc1c[nH]c2ccccc12. The van der Waals surface area contributed by atoms with Crippen molar-refractivity contribution in [1.82, 2.24) is 15.7 Å². The highest BCUT2D eigenvalue weighted by molar-refractivity contribution is 6.31. The molecule has 3 aromatic rings. The van der Waals surface area contributed by atoms with Crippen molar-refractivity contribution in [2.45, 2.75) is 0 Å². The van der Waals surface area contributed by atoms with E-state index in [-0.39, 0.29) is 12.5 Å². The Labute approximate surface area is 148 Å². The fourth-order valence-electron chi connectivity index (χ4n) is 2.31. The van der Waals surface area contributed by atoms with Gasteiger partial charge in [-0.25, -0.2) is 5.43 Å². The van der Waals surface area contributed by atoms with Gasteiger partial charge in [0.15, 0.2) is 0 Å². The fourth-order valence-corrected chi connectivity index (χ4v) is 2.50. The molecular formula is C18H15ClN4O2. The molecule has 0 atom stereocenters. The van der Waals surface area contributed by atoms with E-state index in [1.54, 1.807) is 30.6 Å². The molecule has 1 aromatic heterocycles. The number of amides is 2. The van der Waals surface area contributed by atoms with Crippen LogP contribution in [0.5, 0.6) is 0 Å². The molecule has 0 radical (unpaired) electrons. The number of hydrazone groups is 1. The number of nitrogens with zero attached hydrogens (tertiary/aromatic N) is 1. The zero-order chi connectivity index (χ0) is 17.6. The fraction of sp³-hybridized carbons (Fsp3) is 0.0556. The summed E-state index contributed by atoms with van der Waals surface area (Å²) in [5.74, 6) is -0.801. The molecule has 0 fully saturated rings. The minimum Gasteiger partial charge on any atom is -0.361 e. The molecule has 0 aliphatic heterocycles. The molecule has 0 saturated carbocycles. The van der Waals surface area contributed by atoms with Crippen molar-refractivity contribution in [3.05, 3.63) is 70.9 Å². The Morgan fingerprint density at radius 3 is 2.84 bits per heavy atom. The Kier molecular flexibility index (Phi) is 5.11. The number of benzene rings is 2. The molecule has 0 saturated heterocycles. The highest BCUT2D eigenvalue weighted by atomic mass is 35.5. The predicted octanol–water partition coefficient (Wildman–Crippen LogP) is 2.70. The van der Waals surface area contributed by atoms with Crippen LogP contribution < -0.4 is 10.7 Å². The second kappa shape index (κ2) is 7.63. The van der Waals surface area contributed by atoms with E-state index in [4.69, 9.17) is 11.6 Å². The smallest absolute Gasteiger partial charge is 0.259 e. The third-order valence-corrected chi connectivity index (χ3v) is 3.75. The van der Waals surface area contributed by atoms with Crippen molar-refractivity contribution >= 4 is 40.5 Å². The van der Waals surface area contributed by atoms with Crippen molar-refractivity contribution < 1.29 is 9.59 Å². The molecule has 6 nitrogen and oxygen atoms in total. The van der Waals surface area contributed by atoms with Crippen LogP contribution in [0.1, 0.15) is 15.9 Å². The van der Waals surface area contributed by atoms with Gasteiger partial charge in [0.25, 0.3) is 11.8 Å². The summed E-state index contributed by atoms with van der Waals surface area (Å²) in [6, 6.07) is 14.3. The number of aromatic nitrogens is 1. The van der Waals surface area contributed by atoms with Crippen molar-refractivity contribution in [2.24, 2.45) is 5.10 Å². The highest BCUT2D eigenvalue weighted by Gasteiger charge is 2.08. The number of nitrogens with one attached hydrogen (secondary N) is 3. The summed E-state index contributed by atoms with van der Waals surface area (Å²) >= 11 is 5.83. The summed E-state index contributed by atoms with van der Waals surface area (Å²) in [4.78, 5) is 26.8. The van der Waals surface area contributed by atoms with Gasteiger partial charge in [0.1, 0.15) is 0 Å². The number of hydrogen-bond acceptors (Lipinski definition) is 3. The molecule has 7 heteroatoms. The summed E-state index contributed by atoms with van der Waals surface area (Å²) in [6.45, 7) is -0.184. The van der Waals surface area contributed by atoms with Crippen LogP contribution in [0, 0.1) is 0 Å². The van der Waals surface area contributed by atoms with E-state index in [9.17, 15) is 9.59 Å². The largest absolute Gasteiger partial charge is 0.361 e. The van der Waals surface area contributed by atoms with Crippen LogP contribution in [0.2, 0.25) is 5.02 Å². The van der Waals surface area contributed by atoms with Gasteiger partial charge >= 0.3 is 0 Å². The molecular weight excluding hydrogens is 340 g/mol. The zero-order valence-corrected chi connectivity index (χ0v) is 13.9. The van der Waals surface area contributed by atoms with Crippen LogP contribution in [-0.2, 0) is 4.79 Å². The van der Waals surface area contributed by atoms with Crippen molar-refractivity contribution in [3.63, 3.8) is 0 Å². The molecule has 3 N–H and O–H groups in total. The van der Waals surface area contributed by atoms with E-state index in [0.717, 1.165) is 16.5 Å².